The Morgan fingerprint density at radius 3 is 2.58 bits per heavy atom. The lowest BCUT2D eigenvalue weighted by atomic mass is 9.91. The molecule has 176 valence electrons. The summed E-state index contributed by atoms with van der Waals surface area (Å²) in [6, 6.07) is 4.66. The van der Waals surface area contributed by atoms with Crippen LogP contribution in [0.2, 0.25) is 0 Å². The van der Waals surface area contributed by atoms with Gasteiger partial charge in [-0.2, -0.15) is 13.8 Å². The van der Waals surface area contributed by atoms with E-state index in [4.69, 9.17) is 0 Å². The van der Waals surface area contributed by atoms with Crippen LogP contribution in [0.25, 0.3) is 11.4 Å². The second-order valence-electron chi connectivity index (χ2n) is 8.89. The highest BCUT2D eigenvalue weighted by atomic mass is 32.2. The monoisotopic (exact) mass is 478 g/mol. The predicted octanol–water partition coefficient (Wildman–Crippen LogP) is 3.78. The first kappa shape index (κ1) is 22.1. The molecule has 2 fully saturated rings. The summed E-state index contributed by atoms with van der Waals surface area (Å²) >= 11 is 0. The second-order valence-corrected chi connectivity index (χ2v) is 10.6. The van der Waals surface area contributed by atoms with Gasteiger partial charge in [-0.1, -0.05) is 5.16 Å². The maximum absolute atomic E-state index is 13.5. The molecule has 0 amide bonds. The normalized spacial score (nSPS) is 21.9. The average Bonchev–Trinajstić information content (AvgIpc) is 3.24. The van der Waals surface area contributed by atoms with Crippen molar-refractivity contribution in [1.29, 1.82) is 0 Å². The predicted molar refractivity (Wildman–Crippen MR) is 113 cm³/mol. The largest absolute Gasteiger partial charge is 0.332 e. The number of rotatable bonds is 7. The quantitative estimate of drug-likeness (QED) is 0.549. The number of hydrogen-bond donors (Lipinski definition) is 1. The van der Waals surface area contributed by atoms with Crippen molar-refractivity contribution in [3.8, 4) is 11.4 Å². The molecular weight excluding hydrogens is 454 g/mol. The minimum Gasteiger partial charge on any atom is -0.332 e. The lowest BCUT2D eigenvalue weighted by Gasteiger charge is -2.30. The van der Waals surface area contributed by atoms with Crippen LogP contribution in [0, 0.1) is 0 Å². The van der Waals surface area contributed by atoms with E-state index in [0.29, 0.717) is 24.5 Å². The molecule has 33 heavy (non-hydrogen) atoms. The van der Waals surface area contributed by atoms with E-state index in [2.05, 4.69) is 29.6 Å². The summed E-state index contributed by atoms with van der Waals surface area (Å²) < 4.78 is 63.1. The fourth-order valence-electron chi connectivity index (χ4n) is 4.39. The van der Waals surface area contributed by atoms with Crippen LogP contribution in [-0.2, 0) is 15.9 Å². The third-order valence-corrected chi connectivity index (χ3v) is 7.80. The maximum atomic E-state index is 13.5. The molecule has 2 aliphatic rings. The topological polar surface area (TPSA) is 116 Å². The zero-order valence-electron chi connectivity index (χ0n) is 18.0. The van der Waals surface area contributed by atoms with Gasteiger partial charge in [0.2, 0.25) is 15.8 Å². The van der Waals surface area contributed by atoms with Crippen LogP contribution in [0.4, 0.5) is 8.78 Å². The Hall–Kier alpha value is -2.73. The fraction of sp³-hybridized carbons (Fsp3) is 0.524. The van der Waals surface area contributed by atoms with Crippen LogP contribution < -0.4 is 4.72 Å². The number of hydrogen-bond acceptors (Lipinski definition) is 7. The Kier molecular flexibility index (Phi) is 5.52. The summed E-state index contributed by atoms with van der Waals surface area (Å²) in [6.07, 6.45) is 8.31. The van der Waals surface area contributed by atoms with Crippen molar-refractivity contribution < 1.29 is 21.7 Å². The number of alkyl halides is 2. The van der Waals surface area contributed by atoms with Crippen LogP contribution >= 0.6 is 0 Å². The zero-order chi connectivity index (χ0) is 23.2. The van der Waals surface area contributed by atoms with Gasteiger partial charge in [0.15, 0.2) is 0 Å². The molecule has 2 aromatic heterocycles. The van der Waals surface area contributed by atoms with E-state index in [1.807, 2.05) is 4.57 Å². The minimum absolute atomic E-state index is 0.00870. The second kappa shape index (κ2) is 8.24. The zero-order valence-corrected chi connectivity index (χ0v) is 18.8. The van der Waals surface area contributed by atoms with Crippen molar-refractivity contribution in [2.45, 2.75) is 74.3 Å². The van der Waals surface area contributed by atoms with E-state index in [-0.39, 0.29) is 28.7 Å². The molecule has 3 aromatic rings. The first-order valence-electron chi connectivity index (χ1n) is 10.9. The first-order chi connectivity index (χ1) is 15.7. The van der Waals surface area contributed by atoms with E-state index in [9.17, 15) is 17.2 Å². The summed E-state index contributed by atoms with van der Waals surface area (Å²) in [6.45, 7) is 0.681. The molecule has 2 saturated carbocycles. The highest BCUT2D eigenvalue weighted by molar-refractivity contribution is 7.89. The van der Waals surface area contributed by atoms with Crippen LogP contribution in [0.3, 0.4) is 0 Å². The standard InChI is InChI=1S/C21H24F2N6O3S/c1-21(22,23)20-26-19(27-32-20)14-7-8-18(17(9-14)13-5-6-13)33(30,31)28-15-3-2-4-16(10-15)29-11-24-25-12-29/h7-9,11-13,15-16,28H,2-6,10H2,1H3/t15-,16+/m0/s1. The molecule has 9 nitrogen and oxygen atoms in total. The molecule has 2 atom stereocenters. The fourth-order valence-corrected chi connectivity index (χ4v) is 5.95. The van der Waals surface area contributed by atoms with Gasteiger partial charge in [-0.25, -0.2) is 13.1 Å². The number of sulfonamides is 1. The summed E-state index contributed by atoms with van der Waals surface area (Å²) in [5.41, 5.74) is 1.10. The van der Waals surface area contributed by atoms with Crippen LogP contribution in [-0.4, -0.2) is 39.4 Å². The Bertz CT molecular complexity index is 1240. The lowest BCUT2D eigenvalue weighted by Crippen LogP contribution is -2.39. The molecule has 0 radical (unpaired) electrons. The van der Waals surface area contributed by atoms with E-state index in [1.165, 1.54) is 12.1 Å². The van der Waals surface area contributed by atoms with Crippen LogP contribution in [0.5, 0.6) is 0 Å². The Morgan fingerprint density at radius 1 is 1.15 bits per heavy atom. The third kappa shape index (κ3) is 4.67. The summed E-state index contributed by atoms with van der Waals surface area (Å²) in [7, 11) is -3.78. The van der Waals surface area contributed by atoms with Gasteiger partial charge in [-0.15, -0.1) is 10.2 Å². The number of benzene rings is 1. The van der Waals surface area contributed by atoms with Gasteiger partial charge >= 0.3 is 5.92 Å². The van der Waals surface area contributed by atoms with Gasteiger partial charge in [0.1, 0.15) is 12.7 Å². The van der Waals surface area contributed by atoms with E-state index in [0.717, 1.165) is 32.1 Å². The number of nitrogens with zero attached hydrogens (tertiary/aromatic N) is 5. The van der Waals surface area contributed by atoms with E-state index >= 15 is 0 Å². The van der Waals surface area contributed by atoms with Crippen molar-refractivity contribution in [3.05, 3.63) is 42.3 Å². The summed E-state index contributed by atoms with van der Waals surface area (Å²) in [5, 5.41) is 11.3. The number of halogens is 2. The van der Waals surface area contributed by atoms with Crippen molar-refractivity contribution in [3.63, 3.8) is 0 Å². The molecule has 2 aliphatic carbocycles. The number of nitrogens with one attached hydrogen (secondary N) is 1. The molecule has 1 N–H and O–H groups in total. The molecular formula is C21H24F2N6O3S. The molecule has 0 unspecified atom stereocenters. The summed E-state index contributed by atoms with van der Waals surface area (Å²) in [4.78, 5) is 4.00. The van der Waals surface area contributed by atoms with Gasteiger partial charge in [0.05, 0.1) is 4.90 Å². The van der Waals surface area contributed by atoms with Crippen molar-refractivity contribution in [2.75, 3.05) is 0 Å². The maximum Gasteiger partial charge on any atom is 0.322 e. The third-order valence-electron chi connectivity index (χ3n) is 6.20. The Balaban J connectivity index is 1.39. The van der Waals surface area contributed by atoms with Crippen molar-refractivity contribution >= 4 is 10.0 Å². The summed E-state index contributed by atoms with van der Waals surface area (Å²) in [5.74, 6) is -3.91. The highest BCUT2D eigenvalue weighted by Crippen LogP contribution is 2.44. The smallest absolute Gasteiger partial charge is 0.322 e. The van der Waals surface area contributed by atoms with Gasteiger partial charge in [0, 0.05) is 24.6 Å². The highest BCUT2D eigenvalue weighted by Gasteiger charge is 2.35. The van der Waals surface area contributed by atoms with Gasteiger partial charge < -0.3 is 9.09 Å². The van der Waals surface area contributed by atoms with Crippen LogP contribution in [0.15, 0.2) is 40.3 Å². The molecule has 0 bridgehead atoms. The molecule has 5 rings (SSSR count). The van der Waals surface area contributed by atoms with E-state index in [1.54, 1.807) is 18.7 Å². The molecule has 0 saturated heterocycles. The lowest BCUT2D eigenvalue weighted by molar-refractivity contribution is -0.0158. The molecule has 12 heteroatoms. The molecule has 0 spiro atoms. The SMILES string of the molecule is CC(F)(F)c1nc(-c2ccc(S(=O)(=O)N[C@H]3CCC[C@@H](n4cnnc4)C3)c(C3CC3)c2)no1. The van der Waals surface area contributed by atoms with Crippen LogP contribution in [0.1, 0.15) is 68.9 Å². The van der Waals surface area contributed by atoms with Crippen molar-refractivity contribution in [2.24, 2.45) is 0 Å². The Morgan fingerprint density at radius 2 is 1.91 bits per heavy atom. The molecule has 1 aromatic carbocycles. The number of aromatic nitrogens is 5. The molecule has 0 aliphatic heterocycles. The van der Waals surface area contributed by atoms with Gasteiger partial charge in [-0.3, -0.25) is 0 Å². The van der Waals surface area contributed by atoms with E-state index < -0.39 is 21.8 Å². The minimum atomic E-state index is -3.78. The average molecular weight is 479 g/mol. The first-order valence-corrected chi connectivity index (χ1v) is 12.4. The Labute approximate surface area is 189 Å². The van der Waals surface area contributed by atoms with Gasteiger partial charge in [0.25, 0.3) is 5.89 Å². The van der Waals surface area contributed by atoms with Crippen molar-refractivity contribution in [1.82, 2.24) is 29.6 Å². The van der Waals surface area contributed by atoms with Gasteiger partial charge in [-0.05, 0) is 68.2 Å². The molecule has 2 heterocycles.